The molecule has 6 heteroatoms. The number of hydrogen-bond donors (Lipinski definition) is 1. The van der Waals surface area contributed by atoms with Gasteiger partial charge in [0.15, 0.2) is 0 Å². The van der Waals surface area contributed by atoms with Gasteiger partial charge in [0.05, 0.1) is 6.54 Å². The monoisotopic (exact) mass is 434 g/mol. The highest BCUT2D eigenvalue weighted by molar-refractivity contribution is 5.79. The second-order valence-electron chi connectivity index (χ2n) is 8.71. The topological polar surface area (TPSA) is 67.9 Å². The zero-order valence-electron chi connectivity index (χ0n) is 18.9. The molecule has 168 valence electrons. The van der Waals surface area contributed by atoms with Gasteiger partial charge in [-0.3, -0.25) is 4.90 Å². The minimum absolute atomic E-state index is 0.00660. The van der Waals surface area contributed by atoms with Crippen LogP contribution in [0.4, 0.5) is 9.59 Å². The molecule has 3 rings (SSSR count). The first-order valence-electron chi connectivity index (χ1n) is 10.8. The number of amides is 2. The van der Waals surface area contributed by atoms with Gasteiger partial charge in [-0.05, 0) is 49.4 Å². The molecule has 32 heavy (non-hydrogen) atoms. The summed E-state index contributed by atoms with van der Waals surface area (Å²) in [6, 6.07) is 16.4. The predicted octanol–water partition coefficient (Wildman–Crippen LogP) is 4.79. The molecule has 2 aromatic rings. The number of fused-ring (bicyclic) bond motifs is 3. The fraction of sp³-hybridized carbons (Fsp3) is 0.385. The van der Waals surface area contributed by atoms with Crippen molar-refractivity contribution in [2.24, 2.45) is 0 Å². The number of ether oxygens (including phenoxy) is 2. The van der Waals surface area contributed by atoms with E-state index in [1.165, 1.54) is 16.0 Å². The van der Waals surface area contributed by atoms with E-state index in [9.17, 15) is 9.59 Å². The van der Waals surface area contributed by atoms with Crippen LogP contribution in [-0.2, 0) is 9.47 Å². The molecule has 0 radical (unpaired) electrons. The number of hydrogen-bond acceptors (Lipinski definition) is 4. The molecular formula is C26H30N2O4. The molecule has 0 spiro atoms. The second-order valence-corrected chi connectivity index (χ2v) is 8.71. The molecule has 0 aromatic heterocycles. The van der Waals surface area contributed by atoms with Crippen molar-refractivity contribution in [2.45, 2.75) is 38.7 Å². The molecule has 0 saturated carbocycles. The first-order valence-corrected chi connectivity index (χ1v) is 10.8. The summed E-state index contributed by atoms with van der Waals surface area (Å²) in [5.41, 5.74) is 4.12. The smallest absolute Gasteiger partial charge is 0.410 e. The number of carbonyl (C=O) groups is 2. The molecular weight excluding hydrogens is 404 g/mol. The van der Waals surface area contributed by atoms with E-state index < -0.39 is 17.8 Å². The van der Waals surface area contributed by atoms with E-state index in [-0.39, 0.29) is 19.1 Å². The predicted molar refractivity (Wildman–Crippen MR) is 124 cm³/mol. The van der Waals surface area contributed by atoms with Crippen molar-refractivity contribution in [2.75, 3.05) is 26.2 Å². The molecule has 0 atom stereocenters. The molecule has 0 heterocycles. The van der Waals surface area contributed by atoms with E-state index >= 15 is 0 Å². The largest absolute Gasteiger partial charge is 0.448 e. The lowest BCUT2D eigenvalue weighted by Crippen LogP contribution is -2.37. The molecule has 6 nitrogen and oxygen atoms in total. The van der Waals surface area contributed by atoms with Crippen LogP contribution < -0.4 is 5.32 Å². The number of carbonyl (C=O) groups excluding carboxylic acids is 2. The van der Waals surface area contributed by atoms with Crippen molar-refractivity contribution < 1.29 is 19.1 Å². The third-order valence-corrected chi connectivity index (χ3v) is 5.15. The van der Waals surface area contributed by atoms with Crippen LogP contribution in [0.25, 0.3) is 11.1 Å². The Bertz CT molecular complexity index is 958. The summed E-state index contributed by atoms with van der Waals surface area (Å²) in [5.74, 6) is 2.50. The van der Waals surface area contributed by atoms with Crippen molar-refractivity contribution in [3.8, 4) is 23.5 Å². The van der Waals surface area contributed by atoms with Gasteiger partial charge in [0, 0.05) is 19.0 Å². The maximum absolute atomic E-state index is 12.7. The van der Waals surface area contributed by atoms with Gasteiger partial charge in [0.2, 0.25) is 0 Å². The molecule has 2 amide bonds. The van der Waals surface area contributed by atoms with E-state index in [1.807, 2.05) is 24.3 Å². The first kappa shape index (κ1) is 23.2. The average molecular weight is 435 g/mol. The highest BCUT2D eigenvalue weighted by Crippen LogP contribution is 2.44. The van der Waals surface area contributed by atoms with Crippen LogP contribution in [0.1, 0.15) is 44.2 Å². The number of nitrogens with zero attached hydrogens (tertiary/aromatic N) is 1. The molecule has 2 aromatic carbocycles. The molecule has 1 N–H and O–H groups in total. The fourth-order valence-electron chi connectivity index (χ4n) is 3.80. The van der Waals surface area contributed by atoms with Crippen LogP contribution in [-0.4, -0.2) is 48.9 Å². The minimum Gasteiger partial charge on any atom is -0.448 e. The molecule has 1 aliphatic rings. The quantitative estimate of drug-likeness (QED) is 0.503. The van der Waals surface area contributed by atoms with Crippen LogP contribution in [0, 0.1) is 12.3 Å². The van der Waals surface area contributed by atoms with Crippen molar-refractivity contribution in [3.63, 3.8) is 0 Å². The van der Waals surface area contributed by atoms with Crippen LogP contribution in [0.2, 0.25) is 0 Å². The second kappa shape index (κ2) is 10.2. The Labute approximate surface area is 189 Å². The van der Waals surface area contributed by atoms with Crippen LogP contribution in [0.15, 0.2) is 48.5 Å². The van der Waals surface area contributed by atoms with E-state index in [2.05, 4.69) is 35.5 Å². The Kier molecular flexibility index (Phi) is 7.42. The van der Waals surface area contributed by atoms with Crippen molar-refractivity contribution in [1.29, 1.82) is 0 Å². The lowest BCUT2D eigenvalue weighted by molar-refractivity contribution is 0.0526. The Morgan fingerprint density at radius 3 is 2.22 bits per heavy atom. The summed E-state index contributed by atoms with van der Waals surface area (Å²) in [7, 11) is 0. The Balaban J connectivity index is 1.54. The number of benzene rings is 2. The molecule has 1 aliphatic carbocycles. The van der Waals surface area contributed by atoms with Crippen molar-refractivity contribution >= 4 is 12.2 Å². The summed E-state index contributed by atoms with van der Waals surface area (Å²) in [6.07, 6.45) is 5.04. The first-order chi connectivity index (χ1) is 15.3. The van der Waals surface area contributed by atoms with Crippen LogP contribution in [0.3, 0.4) is 0 Å². The van der Waals surface area contributed by atoms with Gasteiger partial charge >= 0.3 is 12.2 Å². The maximum Gasteiger partial charge on any atom is 0.410 e. The lowest BCUT2D eigenvalue weighted by atomic mass is 9.98. The molecule has 0 saturated heterocycles. The summed E-state index contributed by atoms with van der Waals surface area (Å²) < 4.78 is 10.9. The number of nitrogens with one attached hydrogen (secondary N) is 1. The summed E-state index contributed by atoms with van der Waals surface area (Å²) >= 11 is 0. The number of terminal acetylenes is 1. The maximum atomic E-state index is 12.7. The van der Waals surface area contributed by atoms with Gasteiger partial charge in [-0.25, -0.2) is 9.59 Å². The van der Waals surface area contributed by atoms with E-state index in [1.54, 1.807) is 20.8 Å². The van der Waals surface area contributed by atoms with Gasteiger partial charge in [-0.1, -0.05) is 54.5 Å². The Morgan fingerprint density at radius 1 is 1.06 bits per heavy atom. The third kappa shape index (κ3) is 5.82. The van der Waals surface area contributed by atoms with Gasteiger partial charge in [-0.2, -0.15) is 0 Å². The van der Waals surface area contributed by atoms with Gasteiger partial charge in [0.25, 0.3) is 0 Å². The standard InChI is InChI=1S/C26H30N2O4/c1-5-16-28(17-10-15-27-24(29)32-26(2,3)4)25(30)31-18-23-21-13-8-6-11-19(21)20-12-7-9-14-22(20)23/h1,6-9,11-14,23H,10,15-18H2,2-4H3,(H,27,29). The number of rotatable bonds is 7. The molecule has 0 aliphatic heterocycles. The van der Waals surface area contributed by atoms with Gasteiger partial charge in [-0.15, -0.1) is 6.42 Å². The lowest BCUT2D eigenvalue weighted by Gasteiger charge is -2.22. The van der Waals surface area contributed by atoms with Gasteiger partial charge < -0.3 is 14.8 Å². The van der Waals surface area contributed by atoms with Crippen LogP contribution >= 0.6 is 0 Å². The average Bonchev–Trinajstić information content (AvgIpc) is 3.07. The highest BCUT2D eigenvalue weighted by atomic mass is 16.6. The summed E-state index contributed by atoms with van der Waals surface area (Å²) in [6.45, 7) is 6.53. The SMILES string of the molecule is C#CCN(CCCNC(=O)OC(C)(C)C)C(=O)OCC1c2ccccc2-c2ccccc21. The number of alkyl carbamates (subject to hydrolysis) is 1. The molecule has 0 fully saturated rings. The van der Waals surface area contributed by atoms with Crippen LogP contribution in [0.5, 0.6) is 0 Å². The third-order valence-electron chi connectivity index (χ3n) is 5.15. The van der Waals surface area contributed by atoms with E-state index in [0.29, 0.717) is 19.5 Å². The molecule has 0 unspecified atom stereocenters. The zero-order valence-corrected chi connectivity index (χ0v) is 18.9. The summed E-state index contributed by atoms with van der Waals surface area (Å²) in [4.78, 5) is 25.9. The van der Waals surface area contributed by atoms with Gasteiger partial charge in [0.1, 0.15) is 12.2 Å². The van der Waals surface area contributed by atoms with Crippen molar-refractivity contribution in [3.05, 3.63) is 59.7 Å². The molecule has 0 bridgehead atoms. The van der Waals surface area contributed by atoms with E-state index in [4.69, 9.17) is 15.9 Å². The Morgan fingerprint density at radius 2 is 1.66 bits per heavy atom. The Hall–Kier alpha value is -3.46. The zero-order chi connectivity index (χ0) is 23.1. The van der Waals surface area contributed by atoms with E-state index in [0.717, 1.165) is 11.1 Å². The fourth-order valence-corrected chi connectivity index (χ4v) is 3.80. The van der Waals surface area contributed by atoms with Crippen molar-refractivity contribution in [1.82, 2.24) is 10.2 Å². The normalized spacial score (nSPS) is 12.3. The highest BCUT2D eigenvalue weighted by Gasteiger charge is 2.29. The minimum atomic E-state index is -0.555. The summed E-state index contributed by atoms with van der Waals surface area (Å²) in [5, 5.41) is 2.68.